The lowest BCUT2D eigenvalue weighted by atomic mass is 10.2. The molecule has 10 heteroatoms. The summed E-state index contributed by atoms with van der Waals surface area (Å²) in [6.45, 7) is 4.98. The smallest absolute Gasteiger partial charge is 0.409 e. The largest absolute Gasteiger partial charge is 0.460 e. The van der Waals surface area contributed by atoms with Crippen molar-refractivity contribution in [3.8, 4) is 6.01 Å². The zero-order valence-corrected chi connectivity index (χ0v) is 18.1. The maximum atomic E-state index is 11.5. The van der Waals surface area contributed by atoms with E-state index in [0.29, 0.717) is 24.8 Å². The Morgan fingerprint density at radius 3 is 2.81 bits per heavy atom. The second-order valence-corrected chi connectivity index (χ2v) is 7.13. The highest BCUT2D eigenvalue weighted by Gasteiger charge is 2.16. The lowest BCUT2D eigenvalue weighted by Crippen LogP contribution is -2.36. The standard InChI is InChI=1S/C21H28N6O4/c1-16-5-4-6-17(13-16)15-22-25-18-14-19(27-7-9-29-10-8-27)24-20(23-18)30-11-12-31-21(28)26(2)3/h4-6,13-15H,7-12H2,1-3H3,(H,23,24,25)/b22-15+. The second kappa shape index (κ2) is 11.1. The maximum Gasteiger partial charge on any atom is 0.409 e. The summed E-state index contributed by atoms with van der Waals surface area (Å²) in [7, 11) is 3.24. The highest BCUT2D eigenvalue weighted by atomic mass is 16.6. The molecule has 166 valence electrons. The number of nitrogens with zero attached hydrogens (tertiary/aromatic N) is 5. The summed E-state index contributed by atoms with van der Waals surface area (Å²) in [4.78, 5) is 23.8. The third kappa shape index (κ3) is 7.10. The zero-order valence-electron chi connectivity index (χ0n) is 18.1. The molecule has 31 heavy (non-hydrogen) atoms. The Morgan fingerprint density at radius 2 is 2.06 bits per heavy atom. The first-order chi connectivity index (χ1) is 15.0. The summed E-state index contributed by atoms with van der Waals surface area (Å²) in [6.07, 6.45) is 1.30. The Hall–Kier alpha value is -3.40. The number of anilines is 2. The summed E-state index contributed by atoms with van der Waals surface area (Å²) in [6, 6.07) is 10.0. The van der Waals surface area contributed by atoms with E-state index in [1.165, 1.54) is 4.90 Å². The van der Waals surface area contributed by atoms with Gasteiger partial charge in [0.05, 0.1) is 19.4 Å². The van der Waals surface area contributed by atoms with Gasteiger partial charge >= 0.3 is 12.1 Å². The first-order valence-electron chi connectivity index (χ1n) is 10.1. The molecule has 1 aliphatic rings. The molecule has 10 nitrogen and oxygen atoms in total. The van der Waals surface area contributed by atoms with Crippen molar-refractivity contribution in [2.45, 2.75) is 6.92 Å². The summed E-state index contributed by atoms with van der Waals surface area (Å²) in [5, 5.41) is 4.28. The molecule has 2 aromatic rings. The summed E-state index contributed by atoms with van der Waals surface area (Å²) in [5.74, 6) is 1.22. The van der Waals surface area contributed by atoms with Crippen LogP contribution >= 0.6 is 0 Å². The highest BCUT2D eigenvalue weighted by molar-refractivity contribution is 5.80. The number of aryl methyl sites for hydroxylation is 1. The van der Waals surface area contributed by atoms with E-state index in [1.54, 1.807) is 20.3 Å². The van der Waals surface area contributed by atoms with Crippen LogP contribution in [0.1, 0.15) is 11.1 Å². The maximum absolute atomic E-state index is 11.5. The molecule has 1 N–H and O–H groups in total. The van der Waals surface area contributed by atoms with Crippen LogP contribution in [0.15, 0.2) is 35.4 Å². The number of nitrogens with one attached hydrogen (secondary N) is 1. The van der Waals surface area contributed by atoms with Crippen molar-refractivity contribution in [2.75, 3.05) is 63.9 Å². The van der Waals surface area contributed by atoms with Gasteiger partial charge in [-0.15, -0.1) is 0 Å². The topological polar surface area (TPSA) is 101 Å². The van der Waals surface area contributed by atoms with Crippen molar-refractivity contribution in [1.82, 2.24) is 14.9 Å². The van der Waals surface area contributed by atoms with Crippen LogP contribution in [0.4, 0.5) is 16.4 Å². The van der Waals surface area contributed by atoms with Crippen LogP contribution in [0.5, 0.6) is 6.01 Å². The van der Waals surface area contributed by atoms with Crippen molar-refractivity contribution >= 4 is 23.9 Å². The lowest BCUT2D eigenvalue weighted by molar-refractivity contribution is 0.0995. The molecule has 0 radical (unpaired) electrons. The molecular weight excluding hydrogens is 400 g/mol. The number of ether oxygens (including phenoxy) is 3. The SMILES string of the molecule is Cc1cccc(/C=N/Nc2cc(N3CCOCC3)nc(OCCOC(=O)N(C)C)n2)c1. The molecule has 0 atom stereocenters. The van der Waals surface area contributed by atoms with E-state index in [-0.39, 0.29) is 19.2 Å². The first kappa shape index (κ1) is 22.3. The van der Waals surface area contributed by atoms with Gasteiger partial charge in [0, 0.05) is 33.3 Å². The van der Waals surface area contributed by atoms with E-state index in [4.69, 9.17) is 14.2 Å². The molecule has 1 amide bonds. The number of aromatic nitrogens is 2. The van der Waals surface area contributed by atoms with Gasteiger partial charge in [0.1, 0.15) is 19.0 Å². The van der Waals surface area contributed by atoms with E-state index in [1.807, 2.05) is 37.3 Å². The normalized spacial score (nSPS) is 13.8. The molecule has 0 bridgehead atoms. The number of hydrogen-bond donors (Lipinski definition) is 1. The van der Waals surface area contributed by atoms with Gasteiger partial charge in [-0.25, -0.2) is 4.79 Å². The van der Waals surface area contributed by atoms with Crippen LogP contribution in [0.25, 0.3) is 0 Å². The fourth-order valence-corrected chi connectivity index (χ4v) is 2.80. The second-order valence-electron chi connectivity index (χ2n) is 7.13. The van der Waals surface area contributed by atoms with Crippen molar-refractivity contribution in [2.24, 2.45) is 5.10 Å². The third-order valence-corrected chi connectivity index (χ3v) is 4.37. The molecular formula is C21H28N6O4. The lowest BCUT2D eigenvalue weighted by Gasteiger charge is -2.28. The van der Waals surface area contributed by atoms with Crippen molar-refractivity contribution in [3.63, 3.8) is 0 Å². The molecule has 3 rings (SSSR count). The molecule has 0 aliphatic carbocycles. The van der Waals surface area contributed by atoms with Crippen molar-refractivity contribution < 1.29 is 19.0 Å². The van der Waals surface area contributed by atoms with E-state index in [9.17, 15) is 4.79 Å². The van der Waals surface area contributed by atoms with Crippen LogP contribution in [0.2, 0.25) is 0 Å². The fraction of sp³-hybridized carbons (Fsp3) is 0.429. The predicted octanol–water partition coefficient (Wildman–Crippen LogP) is 2.14. The van der Waals surface area contributed by atoms with Crippen LogP contribution in [-0.2, 0) is 9.47 Å². The number of rotatable bonds is 8. The molecule has 1 aliphatic heterocycles. The van der Waals surface area contributed by atoms with Gasteiger partial charge in [0.2, 0.25) is 0 Å². The Balaban J connectivity index is 1.67. The fourth-order valence-electron chi connectivity index (χ4n) is 2.80. The number of morpholine rings is 1. The molecule has 2 heterocycles. The third-order valence-electron chi connectivity index (χ3n) is 4.37. The van der Waals surface area contributed by atoms with Crippen LogP contribution in [0.3, 0.4) is 0 Å². The van der Waals surface area contributed by atoms with Gasteiger partial charge < -0.3 is 24.0 Å². The van der Waals surface area contributed by atoms with E-state index in [0.717, 1.165) is 24.2 Å². The molecule has 1 aromatic heterocycles. The monoisotopic (exact) mass is 428 g/mol. The van der Waals surface area contributed by atoms with Crippen LogP contribution < -0.4 is 15.1 Å². The molecule has 1 aromatic carbocycles. The summed E-state index contributed by atoms with van der Waals surface area (Å²) < 4.78 is 16.1. The van der Waals surface area contributed by atoms with Gasteiger partial charge in [-0.1, -0.05) is 29.8 Å². The zero-order chi connectivity index (χ0) is 22.1. The first-order valence-corrected chi connectivity index (χ1v) is 10.1. The minimum atomic E-state index is -0.431. The Morgan fingerprint density at radius 1 is 1.26 bits per heavy atom. The average molecular weight is 428 g/mol. The predicted molar refractivity (Wildman–Crippen MR) is 118 cm³/mol. The van der Waals surface area contributed by atoms with Gasteiger partial charge in [-0.2, -0.15) is 15.1 Å². The van der Waals surface area contributed by atoms with Gasteiger partial charge in [-0.05, 0) is 12.5 Å². The number of amides is 1. The highest BCUT2D eigenvalue weighted by Crippen LogP contribution is 2.20. The number of hydrazone groups is 1. The number of hydrogen-bond acceptors (Lipinski definition) is 9. The molecule has 1 saturated heterocycles. The van der Waals surface area contributed by atoms with Gasteiger partial charge in [0.15, 0.2) is 5.82 Å². The molecule has 0 unspecified atom stereocenters. The van der Waals surface area contributed by atoms with Crippen molar-refractivity contribution in [1.29, 1.82) is 0 Å². The summed E-state index contributed by atoms with van der Waals surface area (Å²) in [5.41, 5.74) is 5.08. The number of carbonyl (C=O) groups excluding carboxylic acids is 1. The molecule has 0 saturated carbocycles. The van der Waals surface area contributed by atoms with Crippen LogP contribution in [0, 0.1) is 6.92 Å². The quantitative estimate of drug-likeness (QED) is 0.388. The number of carbonyl (C=O) groups is 1. The van der Waals surface area contributed by atoms with Gasteiger partial charge in [0.25, 0.3) is 0 Å². The van der Waals surface area contributed by atoms with Gasteiger partial charge in [-0.3, -0.25) is 5.43 Å². The van der Waals surface area contributed by atoms with E-state index >= 15 is 0 Å². The Bertz CT molecular complexity index is 899. The molecule has 0 spiro atoms. The van der Waals surface area contributed by atoms with Crippen LogP contribution in [-0.4, -0.2) is 80.8 Å². The van der Waals surface area contributed by atoms with Crippen molar-refractivity contribution in [3.05, 3.63) is 41.5 Å². The average Bonchev–Trinajstić information content (AvgIpc) is 2.77. The van der Waals surface area contributed by atoms with E-state index in [2.05, 4.69) is 25.4 Å². The Labute approximate surface area is 181 Å². The minimum Gasteiger partial charge on any atom is -0.460 e. The minimum absolute atomic E-state index is 0.0937. The number of benzene rings is 1. The van der Waals surface area contributed by atoms with E-state index < -0.39 is 6.09 Å². The summed E-state index contributed by atoms with van der Waals surface area (Å²) >= 11 is 0. The molecule has 1 fully saturated rings. The Kier molecular flexibility index (Phi) is 7.99.